The van der Waals surface area contributed by atoms with Crippen LogP contribution >= 0.6 is 11.6 Å². The first-order chi connectivity index (χ1) is 8.70. The standard InChI is InChI=1S/C13H18ClFN2O2/c1-13(2,3)11(18)7-16-12(19)17-8-4-5-9(14)10(15)6-8/h4-6,11,18H,7H2,1-3H3,(H2,16,17,19). The molecule has 1 aromatic rings. The SMILES string of the molecule is CC(C)(C)C(O)CNC(=O)Nc1ccc(Cl)c(F)c1. The number of aliphatic hydroxyl groups is 1. The Morgan fingerprint density at radius 1 is 1.47 bits per heavy atom. The quantitative estimate of drug-likeness (QED) is 0.801. The van der Waals surface area contributed by atoms with Crippen molar-refractivity contribution in [2.24, 2.45) is 5.41 Å². The molecule has 1 rings (SSSR count). The van der Waals surface area contributed by atoms with Gasteiger partial charge in [0.25, 0.3) is 0 Å². The fraction of sp³-hybridized carbons (Fsp3) is 0.462. The van der Waals surface area contributed by atoms with Gasteiger partial charge in [-0.1, -0.05) is 32.4 Å². The minimum atomic E-state index is -0.666. The zero-order chi connectivity index (χ0) is 14.6. The second-order valence-electron chi connectivity index (χ2n) is 5.35. The number of nitrogens with one attached hydrogen (secondary N) is 2. The van der Waals surface area contributed by atoms with Crippen LogP contribution in [0.2, 0.25) is 5.02 Å². The van der Waals surface area contributed by atoms with E-state index < -0.39 is 18.0 Å². The molecule has 1 unspecified atom stereocenters. The highest BCUT2D eigenvalue weighted by atomic mass is 35.5. The van der Waals surface area contributed by atoms with Crippen LogP contribution in [-0.4, -0.2) is 23.8 Å². The Labute approximate surface area is 117 Å². The molecule has 0 radical (unpaired) electrons. The second-order valence-corrected chi connectivity index (χ2v) is 5.75. The van der Waals surface area contributed by atoms with E-state index in [1.54, 1.807) is 0 Å². The molecule has 0 bridgehead atoms. The maximum absolute atomic E-state index is 13.2. The minimum Gasteiger partial charge on any atom is -0.391 e. The highest BCUT2D eigenvalue weighted by molar-refractivity contribution is 6.30. The molecule has 3 N–H and O–H groups in total. The summed E-state index contributed by atoms with van der Waals surface area (Å²) in [7, 11) is 0. The Morgan fingerprint density at radius 3 is 2.63 bits per heavy atom. The van der Waals surface area contributed by atoms with Gasteiger partial charge < -0.3 is 15.7 Å². The van der Waals surface area contributed by atoms with Gasteiger partial charge in [-0.2, -0.15) is 0 Å². The number of hydrogen-bond acceptors (Lipinski definition) is 2. The fourth-order valence-corrected chi connectivity index (χ4v) is 1.36. The van der Waals surface area contributed by atoms with Crippen LogP contribution in [0.15, 0.2) is 18.2 Å². The molecule has 2 amide bonds. The molecule has 0 spiro atoms. The summed E-state index contributed by atoms with van der Waals surface area (Å²) in [6.07, 6.45) is -0.666. The van der Waals surface area contributed by atoms with Crippen LogP contribution in [0.3, 0.4) is 0 Å². The molecule has 4 nitrogen and oxygen atoms in total. The predicted octanol–water partition coefficient (Wildman–Crippen LogP) is 3.01. The number of carbonyl (C=O) groups is 1. The summed E-state index contributed by atoms with van der Waals surface area (Å²) in [5.74, 6) is -0.603. The number of amides is 2. The van der Waals surface area contributed by atoms with Gasteiger partial charge in [-0.05, 0) is 23.6 Å². The van der Waals surface area contributed by atoms with Crippen molar-refractivity contribution in [3.05, 3.63) is 29.0 Å². The number of halogens is 2. The Bertz CT molecular complexity index is 460. The predicted molar refractivity (Wildman–Crippen MR) is 73.9 cm³/mol. The minimum absolute atomic E-state index is 0.00545. The van der Waals surface area contributed by atoms with E-state index in [1.165, 1.54) is 12.1 Å². The van der Waals surface area contributed by atoms with E-state index in [1.807, 2.05) is 20.8 Å². The van der Waals surface area contributed by atoms with Crippen LogP contribution in [-0.2, 0) is 0 Å². The van der Waals surface area contributed by atoms with E-state index in [0.29, 0.717) is 5.69 Å². The van der Waals surface area contributed by atoms with Gasteiger partial charge in [0.1, 0.15) is 5.82 Å². The molecular weight excluding hydrogens is 271 g/mol. The van der Waals surface area contributed by atoms with Gasteiger partial charge in [0.15, 0.2) is 0 Å². The maximum Gasteiger partial charge on any atom is 0.319 e. The summed E-state index contributed by atoms with van der Waals surface area (Å²) >= 11 is 5.53. The molecular formula is C13H18ClFN2O2. The maximum atomic E-state index is 13.2. The smallest absolute Gasteiger partial charge is 0.319 e. The van der Waals surface area contributed by atoms with Gasteiger partial charge >= 0.3 is 6.03 Å². The van der Waals surface area contributed by atoms with Crippen molar-refractivity contribution in [2.75, 3.05) is 11.9 Å². The van der Waals surface area contributed by atoms with Crippen molar-refractivity contribution in [2.45, 2.75) is 26.9 Å². The van der Waals surface area contributed by atoms with Crippen LogP contribution in [0, 0.1) is 11.2 Å². The Morgan fingerprint density at radius 2 is 2.11 bits per heavy atom. The third-order valence-corrected chi connectivity index (χ3v) is 2.94. The summed E-state index contributed by atoms with van der Waals surface area (Å²) in [5.41, 5.74) is -0.0238. The lowest BCUT2D eigenvalue weighted by atomic mass is 9.89. The van der Waals surface area contributed by atoms with Crippen LogP contribution < -0.4 is 10.6 Å². The monoisotopic (exact) mass is 288 g/mol. The third-order valence-electron chi connectivity index (χ3n) is 2.63. The topological polar surface area (TPSA) is 61.4 Å². The van der Waals surface area contributed by atoms with Gasteiger partial charge in [0.05, 0.1) is 11.1 Å². The molecule has 1 atom stereocenters. The van der Waals surface area contributed by atoms with Crippen molar-refractivity contribution >= 4 is 23.3 Å². The molecule has 0 fully saturated rings. The summed E-state index contributed by atoms with van der Waals surface area (Å²) in [5, 5.41) is 14.7. The van der Waals surface area contributed by atoms with Crippen molar-refractivity contribution < 1.29 is 14.3 Å². The van der Waals surface area contributed by atoms with Gasteiger partial charge in [0, 0.05) is 12.2 Å². The summed E-state index contributed by atoms with van der Waals surface area (Å²) in [6.45, 7) is 5.72. The van der Waals surface area contributed by atoms with E-state index >= 15 is 0 Å². The summed E-state index contributed by atoms with van der Waals surface area (Å²) in [4.78, 5) is 11.6. The van der Waals surface area contributed by atoms with E-state index in [9.17, 15) is 14.3 Å². The van der Waals surface area contributed by atoms with Crippen LogP contribution in [0.4, 0.5) is 14.9 Å². The number of rotatable bonds is 3. The lowest BCUT2D eigenvalue weighted by molar-refractivity contribution is 0.0654. The highest BCUT2D eigenvalue weighted by Crippen LogP contribution is 2.19. The fourth-order valence-electron chi connectivity index (χ4n) is 1.24. The van der Waals surface area contributed by atoms with Gasteiger partial charge in [-0.3, -0.25) is 0 Å². The molecule has 0 aliphatic carbocycles. The number of aliphatic hydroxyl groups excluding tert-OH is 1. The van der Waals surface area contributed by atoms with Gasteiger partial charge in [0.2, 0.25) is 0 Å². The molecule has 0 saturated carbocycles. The first-order valence-electron chi connectivity index (χ1n) is 5.88. The second kappa shape index (κ2) is 6.21. The van der Waals surface area contributed by atoms with Gasteiger partial charge in [-0.15, -0.1) is 0 Å². The average Bonchev–Trinajstić information content (AvgIpc) is 2.29. The largest absolute Gasteiger partial charge is 0.391 e. The van der Waals surface area contributed by atoms with Crippen LogP contribution in [0.5, 0.6) is 0 Å². The lowest BCUT2D eigenvalue weighted by Crippen LogP contribution is -2.40. The number of benzene rings is 1. The number of urea groups is 1. The Kier molecular flexibility index (Phi) is 5.14. The third kappa shape index (κ3) is 5.04. The first-order valence-corrected chi connectivity index (χ1v) is 6.26. The number of anilines is 1. The molecule has 19 heavy (non-hydrogen) atoms. The average molecular weight is 289 g/mol. The van der Waals surface area contributed by atoms with E-state index in [0.717, 1.165) is 6.07 Å². The zero-order valence-electron chi connectivity index (χ0n) is 11.1. The normalized spacial score (nSPS) is 12.9. The molecule has 0 saturated heterocycles. The molecule has 1 aromatic carbocycles. The highest BCUT2D eigenvalue weighted by Gasteiger charge is 2.22. The van der Waals surface area contributed by atoms with E-state index in [2.05, 4.69) is 10.6 Å². The molecule has 106 valence electrons. The van der Waals surface area contributed by atoms with Crippen LogP contribution in [0.25, 0.3) is 0 Å². The molecule has 6 heteroatoms. The number of hydrogen-bond donors (Lipinski definition) is 3. The Balaban J connectivity index is 2.49. The lowest BCUT2D eigenvalue weighted by Gasteiger charge is -2.25. The molecule has 0 aliphatic rings. The van der Waals surface area contributed by atoms with Gasteiger partial charge in [-0.25, -0.2) is 9.18 Å². The van der Waals surface area contributed by atoms with E-state index in [4.69, 9.17) is 11.6 Å². The van der Waals surface area contributed by atoms with Crippen molar-refractivity contribution in [3.63, 3.8) is 0 Å². The van der Waals surface area contributed by atoms with Crippen molar-refractivity contribution in [3.8, 4) is 0 Å². The molecule has 0 heterocycles. The van der Waals surface area contributed by atoms with Crippen LogP contribution in [0.1, 0.15) is 20.8 Å². The molecule has 0 aliphatic heterocycles. The number of carbonyl (C=O) groups excluding carboxylic acids is 1. The summed E-state index contributed by atoms with van der Waals surface area (Å²) < 4.78 is 13.2. The Hall–Kier alpha value is -1.33. The molecule has 0 aromatic heterocycles. The summed E-state index contributed by atoms with van der Waals surface area (Å²) in [6, 6.07) is 3.47. The van der Waals surface area contributed by atoms with Crippen molar-refractivity contribution in [1.29, 1.82) is 0 Å². The first kappa shape index (κ1) is 15.7. The zero-order valence-corrected chi connectivity index (χ0v) is 11.9. The van der Waals surface area contributed by atoms with E-state index in [-0.39, 0.29) is 17.0 Å². The van der Waals surface area contributed by atoms with Crippen molar-refractivity contribution in [1.82, 2.24) is 5.32 Å².